The molecule has 0 radical (unpaired) electrons. The summed E-state index contributed by atoms with van der Waals surface area (Å²) in [6, 6.07) is 7.97. The third kappa shape index (κ3) is 2.69. The van der Waals surface area contributed by atoms with Crippen molar-refractivity contribution in [1.29, 1.82) is 0 Å². The number of anilines is 1. The van der Waals surface area contributed by atoms with Gasteiger partial charge in [-0.05, 0) is 12.1 Å². The van der Waals surface area contributed by atoms with E-state index in [-0.39, 0.29) is 0 Å². The molecule has 0 aliphatic heterocycles. The maximum Gasteiger partial charge on any atom is 0.219 e. The van der Waals surface area contributed by atoms with Crippen LogP contribution in [0.5, 0.6) is 0 Å². The fraction of sp³-hybridized carbons (Fsp3) is 0.154. The Hall–Kier alpha value is -2.47. The molecule has 2 heterocycles. The SMILES string of the molecule is Nc1ncc(CNCc2nc3ccccc3[nH]2)cn1. The summed E-state index contributed by atoms with van der Waals surface area (Å²) in [4.78, 5) is 15.6. The highest BCUT2D eigenvalue weighted by Gasteiger charge is 2.01. The first kappa shape index (κ1) is 11.6. The van der Waals surface area contributed by atoms with Crippen molar-refractivity contribution in [2.45, 2.75) is 13.1 Å². The molecule has 0 spiro atoms. The Balaban J connectivity index is 1.61. The topological polar surface area (TPSA) is 92.5 Å². The maximum atomic E-state index is 5.43. The molecule has 19 heavy (non-hydrogen) atoms. The number of nitrogens with two attached hydrogens (primary N) is 1. The van der Waals surface area contributed by atoms with Gasteiger partial charge < -0.3 is 16.0 Å². The minimum atomic E-state index is 0.293. The number of rotatable bonds is 4. The number of nitrogen functional groups attached to an aromatic ring is 1. The lowest BCUT2D eigenvalue weighted by molar-refractivity contribution is 0.667. The second-order valence-electron chi connectivity index (χ2n) is 4.25. The van der Waals surface area contributed by atoms with Crippen LogP contribution in [0.4, 0.5) is 5.95 Å². The van der Waals surface area contributed by atoms with E-state index in [1.54, 1.807) is 12.4 Å². The van der Waals surface area contributed by atoms with Crippen LogP contribution in [-0.4, -0.2) is 19.9 Å². The Morgan fingerprint density at radius 1 is 1.11 bits per heavy atom. The largest absolute Gasteiger partial charge is 0.368 e. The third-order valence-electron chi connectivity index (χ3n) is 2.79. The number of nitrogens with one attached hydrogen (secondary N) is 2. The highest BCUT2D eigenvalue weighted by Crippen LogP contribution is 2.10. The van der Waals surface area contributed by atoms with Crippen molar-refractivity contribution in [2.24, 2.45) is 0 Å². The van der Waals surface area contributed by atoms with E-state index >= 15 is 0 Å². The Kier molecular flexibility index (Phi) is 3.07. The summed E-state index contributed by atoms with van der Waals surface area (Å²) in [5.74, 6) is 1.21. The molecule has 3 aromatic rings. The van der Waals surface area contributed by atoms with E-state index in [1.807, 2.05) is 24.3 Å². The van der Waals surface area contributed by atoms with Gasteiger partial charge in [-0.2, -0.15) is 0 Å². The first-order valence-electron chi connectivity index (χ1n) is 6.02. The van der Waals surface area contributed by atoms with Crippen LogP contribution in [0.15, 0.2) is 36.7 Å². The summed E-state index contributed by atoms with van der Waals surface area (Å²) in [5, 5.41) is 3.28. The Labute approximate surface area is 110 Å². The molecular weight excluding hydrogens is 240 g/mol. The number of H-pyrrole nitrogens is 1. The van der Waals surface area contributed by atoms with Gasteiger partial charge in [0.25, 0.3) is 0 Å². The smallest absolute Gasteiger partial charge is 0.219 e. The molecule has 0 saturated heterocycles. The predicted molar refractivity (Wildman–Crippen MR) is 73.1 cm³/mol. The predicted octanol–water partition coefficient (Wildman–Crippen LogP) is 1.22. The number of benzene rings is 1. The number of imidazole rings is 1. The van der Waals surface area contributed by atoms with E-state index in [2.05, 4.69) is 25.3 Å². The molecule has 0 aliphatic carbocycles. The number of hydrogen-bond donors (Lipinski definition) is 3. The van der Waals surface area contributed by atoms with Crippen LogP contribution in [-0.2, 0) is 13.1 Å². The number of nitrogens with zero attached hydrogens (tertiary/aromatic N) is 3. The lowest BCUT2D eigenvalue weighted by Gasteiger charge is -2.02. The van der Waals surface area contributed by atoms with Gasteiger partial charge >= 0.3 is 0 Å². The fourth-order valence-corrected chi connectivity index (χ4v) is 1.87. The second-order valence-corrected chi connectivity index (χ2v) is 4.25. The number of para-hydroxylation sites is 2. The van der Waals surface area contributed by atoms with E-state index in [0.29, 0.717) is 19.0 Å². The zero-order chi connectivity index (χ0) is 13.1. The van der Waals surface area contributed by atoms with Gasteiger partial charge in [0.2, 0.25) is 5.95 Å². The summed E-state index contributed by atoms with van der Waals surface area (Å²) >= 11 is 0. The highest BCUT2D eigenvalue weighted by molar-refractivity contribution is 5.74. The molecular formula is C13H14N6. The van der Waals surface area contributed by atoms with Crippen LogP contribution >= 0.6 is 0 Å². The molecule has 4 N–H and O–H groups in total. The number of hydrogen-bond acceptors (Lipinski definition) is 5. The van der Waals surface area contributed by atoms with Crippen molar-refractivity contribution in [3.05, 3.63) is 48.0 Å². The minimum absolute atomic E-state index is 0.293. The molecule has 6 nitrogen and oxygen atoms in total. The molecule has 0 aliphatic rings. The zero-order valence-corrected chi connectivity index (χ0v) is 10.3. The highest BCUT2D eigenvalue weighted by atomic mass is 15.0. The van der Waals surface area contributed by atoms with Gasteiger partial charge in [0.15, 0.2) is 0 Å². The van der Waals surface area contributed by atoms with Crippen molar-refractivity contribution in [3.8, 4) is 0 Å². The molecule has 0 atom stereocenters. The van der Waals surface area contributed by atoms with E-state index < -0.39 is 0 Å². The van der Waals surface area contributed by atoms with Crippen LogP contribution < -0.4 is 11.1 Å². The summed E-state index contributed by atoms with van der Waals surface area (Å²) in [6.45, 7) is 1.34. The molecule has 0 bridgehead atoms. The quantitative estimate of drug-likeness (QED) is 0.651. The molecule has 0 unspecified atom stereocenters. The average molecular weight is 254 g/mol. The molecule has 0 fully saturated rings. The molecule has 0 amide bonds. The van der Waals surface area contributed by atoms with Crippen molar-refractivity contribution in [1.82, 2.24) is 25.3 Å². The Morgan fingerprint density at radius 3 is 2.68 bits per heavy atom. The average Bonchev–Trinajstić information content (AvgIpc) is 2.83. The monoisotopic (exact) mass is 254 g/mol. The number of aromatic nitrogens is 4. The van der Waals surface area contributed by atoms with Gasteiger partial charge in [0.05, 0.1) is 17.6 Å². The van der Waals surface area contributed by atoms with E-state index in [9.17, 15) is 0 Å². The van der Waals surface area contributed by atoms with E-state index in [1.165, 1.54) is 0 Å². The van der Waals surface area contributed by atoms with Gasteiger partial charge in [-0.15, -0.1) is 0 Å². The van der Waals surface area contributed by atoms with Crippen molar-refractivity contribution in [3.63, 3.8) is 0 Å². The van der Waals surface area contributed by atoms with Crippen molar-refractivity contribution < 1.29 is 0 Å². The number of aromatic amines is 1. The Morgan fingerprint density at radius 2 is 1.89 bits per heavy atom. The van der Waals surface area contributed by atoms with Crippen LogP contribution in [0.3, 0.4) is 0 Å². The third-order valence-corrected chi connectivity index (χ3v) is 2.79. The summed E-state index contributed by atoms with van der Waals surface area (Å²) in [6.07, 6.45) is 3.43. The van der Waals surface area contributed by atoms with Crippen LogP contribution in [0.2, 0.25) is 0 Å². The van der Waals surface area contributed by atoms with Gasteiger partial charge in [0, 0.05) is 24.5 Å². The van der Waals surface area contributed by atoms with Gasteiger partial charge in [0.1, 0.15) is 5.82 Å². The van der Waals surface area contributed by atoms with Crippen molar-refractivity contribution >= 4 is 17.0 Å². The summed E-state index contributed by atoms with van der Waals surface area (Å²) in [5.41, 5.74) is 8.46. The molecule has 6 heteroatoms. The standard InChI is InChI=1S/C13H14N6/c14-13-16-6-9(7-17-13)5-15-8-12-18-10-3-1-2-4-11(10)19-12/h1-4,6-7,15H,5,8H2,(H,18,19)(H2,14,16,17). The van der Waals surface area contributed by atoms with E-state index in [0.717, 1.165) is 22.4 Å². The fourth-order valence-electron chi connectivity index (χ4n) is 1.87. The zero-order valence-electron chi connectivity index (χ0n) is 10.3. The summed E-state index contributed by atoms with van der Waals surface area (Å²) < 4.78 is 0. The Bertz CT molecular complexity index is 640. The lowest BCUT2D eigenvalue weighted by atomic mass is 10.3. The molecule has 0 saturated carbocycles. The van der Waals surface area contributed by atoms with Gasteiger partial charge in [-0.25, -0.2) is 15.0 Å². The molecule has 96 valence electrons. The first-order valence-corrected chi connectivity index (χ1v) is 6.02. The minimum Gasteiger partial charge on any atom is -0.368 e. The number of fused-ring (bicyclic) bond motifs is 1. The second kappa shape index (κ2) is 5.03. The first-order chi connectivity index (χ1) is 9.31. The maximum absolute atomic E-state index is 5.43. The lowest BCUT2D eigenvalue weighted by Crippen LogP contribution is -2.14. The van der Waals surface area contributed by atoms with Crippen molar-refractivity contribution in [2.75, 3.05) is 5.73 Å². The normalized spacial score (nSPS) is 10.9. The van der Waals surface area contributed by atoms with Crippen LogP contribution in [0, 0.1) is 0 Å². The van der Waals surface area contributed by atoms with Gasteiger partial charge in [-0.1, -0.05) is 12.1 Å². The van der Waals surface area contributed by atoms with Crippen LogP contribution in [0.1, 0.15) is 11.4 Å². The summed E-state index contributed by atoms with van der Waals surface area (Å²) in [7, 11) is 0. The van der Waals surface area contributed by atoms with Crippen LogP contribution in [0.25, 0.3) is 11.0 Å². The molecule has 2 aromatic heterocycles. The van der Waals surface area contributed by atoms with E-state index in [4.69, 9.17) is 5.73 Å². The van der Waals surface area contributed by atoms with Gasteiger partial charge in [-0.3, -0.25) is 0 Å². The molecule has 1 aromatic carbocycles. The molecule has 3 rings (SSSR count).